The Bertz CT molecular complexity index is 481. The van der Waals surface area contributed by atoms with Crippen LogP contribution in [0.2, 0.25) is 0 Å². The molecule has 1 fully saturated rings. The number of urea groups is 1. The van der Waals surface area contributed by atoms with E-state index < -0.39 is 0 Å². The monoisotopic (exact) mass is 294 g/mol. The van der Waals surface area contributed by atoms with Crippen molar-refractivity contribution in [1.82, 2.24) is 10.2 Å². The summed E-state index contributed by atoms with van der Waals surface area (Å²) in [6.07, 6.45) is 2.35. The van der Waals surface area contributed by atoms with Gasteiger partial charge >= 0.3 is 6.03 Å². The fourth-order valence-electron chi connectivity index (χ4n) is 2.75. The minimum atomic E-state index is -0.239. The van der Waals surface area contributed by atoms with E-state index in [2.05, 4.69) is 5.32 Å². The number of nitrogens with zero attached hydrogens (tertiary/aromatic N) is 1. The second kappa shape index (κ2) is 7.41. The summed E-state index contributed by atoms with van der Waals surface area (Å²) in [4.78, 5) is 13.9. The van der Waals surface area contributed by atoms with Crippen molar-refractivity contribution < 1.29 is 14.3 Å². The van der Waals surface area contributed by atoms with Crippen LogP contribution in [0.25, 0.3) is 0 Å². The standard InChI is InChI=1S/C16H23FN2O2/c1-12(9-14-6-2-3-7-15(14)17)18-16(21)19-8-4-5-13(10-19)11-20/h2-3,6-7,12-13,20H,4-5,8-11H2,1H3,(H,18,21). The molecule has 0 spiro atoms. The van der Waals surface area contributed by atoms with Gasteiger partial charge in [-0.25, -0.2) is 9.18 Å². The molecule has 0 aromatic heterocycles. The second-order valence-electron chi connectivity index (χ2n) is 5.78. The number of halogens is 1. The van der Waals surface area contributed by atoms with Crippen molar-refractivity contribution in [3.63, 3.8) is 0 Å². The number of carbonyl (C=O) groups excluding carboxylic acids is 1. The summed E-state index contributed by atoms with van der Waals surface area (Å²) in [5.41, 5.74) is 0.608. The lowest BCUT2D eigenvalue weighted by Gasteiger charge is -2.32. The molecule has 2 atom stereocenters. The number of nitrogens with one attached hydrogen (secondary N) is 1. The van der Waals surface area contributed by atoms with Crippen LogP contribution < -0.4 is 5.32 Å². The zero-order valence-corrected chi connectivity index (χ0v) is 12.4. The fourth-order valence-corrected chi connectivity index (χ4v) is 2.75. The highest BCUT2D eigenvalue weighted by Crippen LogP contribution is 2.16. The lowest BCUT2D eigenvalue weighted by atomic mass is 9.99. The predicted molar refractivity (Wildman–Crippen MR) is 79.5 cm³/mol. The van der Waals surface area contributed by atoms with Gasteiger partial charge in [-0.2, -0.15) is 0 Å². The Labute approximate surface area is 125 Å². The number of aliphatic hydroxyl groups is 1. The van der Waals surface area contributed by atoms with Crippen molar-refractivity contribution in [2.75, 3.05) is 19.7 Å². The van der Waals surface area contributed by atoms with Gasteiger partial charge < -0.3 is 15.3 Å². The molecule has 2 rings (SSSR count). The molecule has 0 radical (unpaired) electrons. The number of hydrogen-bond donors (Lipinski definition) is 2. The van der Waals surface area contributed by atoms with E-state index in [1.54, 1.807) is 23.1 Å². The normalized spacial score (nSPS) is 20.1. The summed E-state index contributed by atoms with van der Waals surface area (Å²) in [7, 11) is 0. The van der Waals surface area contributed by atoms with Crippen LogP contribution in [0.4, 0.5) is 9.18 Å². The van der Waals surface area contributed by atoms with E-state index >= 15 is 0 Å². The first kappa shape index (κ1) is 15.8. The summed E-state index contributed by atoms with van der Waals surface area (Å²) in [6.45, 7) is 3.30. The first-order valence-corrected chi connectivity index (χ1v) is 7.50. The van der Waals surface area contributed by atoms with E-state index in [4.69, 9.17) is 0 Å². The molecule has 0 aliphatic carbocycles. The molecule has 1 aromatic carbocycles. The Hall–Kier alpha value is -1.62. The highest BCUT2D eigenvalue weighted by molar-refractivity contribution is 5.74. The molecular formula is C16H23FN2O2. The molecule has 1 aliphatic rings. The third-order valence-corrected chi connectivity index (χ3v) is 3.92. The topological polar surface area (TPSA) is 52.6 Å². The molecule has 1 saturated heterocycles. The van der Waals surface area contributed by atoms with Gasteiger partial charge in [-0.3, -0.25) is 0 Å². The molecule has 0 bridgehead atoms. The average Bonchev–Trinajstić information content (AvgIpc) is 2.49. The third-order valence-electron chi connectivity index (χ3n) is 3.92. The summed E-state index contributed by atoms with van der Waals surface area (Å²) >= 11 is 0. The SMILES string of the molecule is CC(Cc1ccccc1F)NC(=O)N1CCCC(CO)C1. The van der Waals surface area contributed by atoms with E-state index in [9.17, 15) is 14.3 Å². The number of likely N-dealkylation sites (tertiary alicyclic amines) is 1. The average molecular weight is 294 g/mol. The zero-order chi connectivity index (χ0) is 15.2. The second-order valence-corrected chi connectivity index (χ2v) is 5.78. The van der Waals surface area contributed by atoms with Gasteiger partial charge in [-0.1, -0.05) is 18.2 Å². The number of benzene rings is 1. The van der Waals surface area contributed by atoms with Gasteiger partial charge in [-0.05, 0) is 43.7 Å². The molecule has 2 N–H and O–H groups in total. The molecular weight excluding hydrogens is 271 g/mol. The van der Waals surface area contributed by atoms with Crippen LogP contribution in [-0.4, -0.2) is 41.8 Å². The zero-order valence-electron chi connectivity index (χ0n) is 12.4. The van der Waals surface area contributed by atoms with Crippen LogP contribution in [0.5, 0.6) is 0 Å². The third kappa shape index (κ3) is 4.43. The van der Waals surface area contributed by atoms with Crippen molar-refractivity contribution in [2.45, 2.75) is 32.2 Å². The van der Waals surface area contributed by atoms with Gasteiger partial charge in [0.2, 0.25) is 0 Å². The van der Waals surface area contributed by atoms with Crippen LogP contribution in [0, 0.1) is 11.7 Å². The first-order valence-electron chi connectivity index (χ1n) is 7.50. The number of rotatable bonds is 4. The molecule has 1 aromatic rings. The van der Waals surface area contributed by atoms with E-state index in [1.807, 2.05) is 6.92 Å². The van der Waals surface area contributed by atoms with E-state index in [-0.39, 0.29) is 30.4 Å². The van der Waals surface area contributed by atoms with Crippen LogP contribution >= 0.6 is 0 Å². The fraction of sp³-hybridized carbons (Fsp3) is 0.562. The van der Waals surface area contributed by atoms with Gasteiger partial charge in [0.05, 0.1) is 0 Å². The summed E-state index contributed by atoms with van der Waals surface area (Å²) in [5, 5.41) is 12.1. The van der Waals surface area contributed by atoms with Crippen molar-refractivity contribution in [3.05, 3.63) is 35.6 Å². The number of carbonyl (C=O) groups is 1. The maximum atomic E-state index is 13.6. The molecule has 21 heavy (non-hydrogen) atoms. The smallest absolute Gasteiger partial charge is 0.317 e. The maximum Gasteiger partial charge on any atom is 0.317 e. The predicted octanol–water partition coefficient (Wildman–Crippen LogP) is 2.17. The van der Waals surface area contributed by atoms with Crippen LogP contribution in [-0.2, 0) is 6.42 Å². The molecule has 4 nitrogen and oxygen atoms in total. The van der Waals surface area contributed by atoms with Gasteiger partial charge in [0.25, 0.3) is 0 Å². The Balaban J connectivity index is 1.86. The Morgan fingerprint density at radius 1 is 1.52 bits per heavy atom. The van der Waals surface area contributed by atoms with Crippen molar-refractivity contribution in [3.8, 4) is 0 Å². The molecule has 2 amide bonds. The molecule has 5 heteroatoms. The van der Waals surface area contributed by atoms with Crippen LogP contribution in [0.15, 0.2) is 24.3 Å². The Morgan fingerprint density at radius 2 is 2.29 bits per heavy atom. The number of hydrogen-bond acceptors (Lipinski definition) is 2. The van der Waals surface area contributed by atoms with Crippen LogP contribution in [0.1, 0.15) is 25.3 Å². The number of aliphatic hydroxyl groups excluding tert-OH is 1. The van der Waals surface area contributed by atoms with Gasteiger partial charge in [-0.15, -0.1) is 0 Å². The molecule has 0 saturated carbocycles. The Morgan fingerprint density at radius 3 is 3.00 bits per heavy atom. The summed E-state index contributed by atoms with van der Waals surface area (Å²) in [6, 6.07) is 6.36. The minimum absolute atomic E-state index is 0.120. The van der Waals surface area contributed by atoms with E-state index in [0.717, 1.165) is 19.4 Å². The quantitative estimate of drug-likeness (QED) is 0.894. The Kier molecular flexibility index (Phi) is 5.56. The van der Waals surface area contributed by atoms with E-state index in [0.29, 0.717) is 18.5 Å². The van der Waals surface area contributed by atoms with Gasteiger partial charge in [0, 0.05) is 25.7 Å². The number of amides is 2. The highest BCUT2D eigenvalue weighted by Gasteiger charge is 2.24. The van der Waals surface area contributed by atoms with Gasteiger partial charge in [0.1, 0.15) is 5.82 Å². The van der Waals surface area contributed by atoms with Gasteiger partial charge in [0.15, 0.2) is 0 Å². The maximum absolute atomic E-state index is 13.6. The molecule has 116 valence electrons. The summed E-state index contributed by atoms with van der Waals surface area (Å²) < 4.78 is 13.6. The van der Waals surface area contributed by atoms with E-state index in [1.165, 1.54) is 6.07 Å². The molecule has 1 aliphatic heterocycles. The first-order chi connectivity index (χ1) is 10.1. The molecule has 2 unspecified atom stereocenters. The lowest BCUT2D eigenvalue weighted by Crippen LogP contribution is -2.49. The summed E-state index contributed by atoms with van der Waals surface area (Å²) in [5.74, 6) is -0.0664. The van der Waals surface area contributed by atoms with Crippen LogP contribution in [0.3, 0.4) is 0 Å². The number of piperidine rings is 1. The largest absolute Gasteiger partial charge is 0.396 e. The lowest BCUT2D eigenvalue weighted by molar-refractivity contribution is 0.128. The highest BCUT2D eigenvalue weighted by atomic mass is 19.1. The minimum Gasteiger partial charge on any atom is -0.396 e. The van der Waals surface area contributed by atoms with Crippen molar-refractivity contribution in [2.24, 2.45) is 5.92 Å². The molecule has 1 heterocycles. The van der Waals surface area contributed by atoms with Crippen molar-refractivity contribution in [1.29, 1.82) is 0 Å². The van der Waals surface area contributed by atoms with Crippen molar-refractivity contribution >= 4 is 6.03 Å².